The number of halogens is 1. The van der Waals surface area contributed by atoms with Gasteiger partial charge in [-0.25, -0.2) is 8.42 Å². The Morgan fingerprint density at radius 1 is 1.36 bits per heavy atom. The third-order valence-electron chi connectivity index (χ3n) is 2.31. The summed E-state index contributed by atoms with van der Waals surface area (Å²) < 4.78 is 24.0. The molecule has 120 valence electrons. The fourth-order valence-electron chi connectivity index (χ4n) is 1.27. The van der Waals surface area contributed by atoms with Gasteiger partial charge in [-0.05, 0) is 22.6 Å². The highest BCUT2D eigenvalue weighted by Crippen LogP contribution is 2.19. The molecule has 2 rings (SSSR count). The van der Waals surface area contributed by atoms with Crippen LogP contribution in [0.25, 0.3) is 0 Å². The minimum atomic E-state index is -3.29. The van der Waals surface area contributed by atoms with E-state index >= 15 is 0 Å². The van der Waals surface area contributed by atoms with Crippen molar-refractivity contribution in [3.8, 4) is 6.01 Å². The molecule has 10 heteroatoms. The third kappa shape index (κ3) is 4.78. The Bertz CT molecular complexity index is 758. The van der Waals surface area contributed by atoms with E-state index < -0.39 is 9.84 Å². The van der Waals surface area contributed by atoms with Crippen molar-refractivity contribution in [3.63, 3.8) is 0 Å². The smallest absolute Gasteiger partial charge is 0.313 e. The monoisotopic (exact) mass is 345 g/mol. The van der Waals surface area contributed by atoms with Crippen molar-refractivity contribution in [1.29, 1.82) is 0 Å². The molecular formula is C12H16ClN5O3S. The average Bonchev–Trinajstić information content (AvgIpc) is 2.87. The summed E-state index contributed by atoms with van der Waals surface area (Å²) in [5.41, 5.74) is 0.509. The quantitative estimate of drug-likeness (QED) is 0.617. The van der Waals surface area contributed by atoms with Crippen molar-refractivity contribution >= 4 is 27.7 Å². The Hall–Kier alpha value is -2.00. The Kier molecular flexibility index (Phi) is 6.44. The molecule has 0 saturated heterocycles. The van der Waals surface area contributed by atoms with Crippen molar-refractivity contribution < 1.29 is 13.3 Å². The van der Waals surface area contributed by atoms with Crippen LogP contribution in [-0.2, 0) is 16.9 Å². The van der Waals surface area contributed by atoms with E-state index in [1.807, 2.05) is 13.8 Å². The Balaban J connectivity index is 0.00000116. The topological polar surface area (TPSA) is 99.3 Å². The van der Waals surface area contributed by atoms with E-state index in [0.717, 1.165) is 6.26 Å². The lowest BCUT2D eigenvalue weighted by Crippen LogP contribution is -1.99. The molecule has 0 atom stereocenters. The zero-order valence-corrected chi connectivity index (χ0v) is 14.1. The van der Waals surface area contributed by atoms with Gasteiger partial charge in [0, 0.05) is 18.9 Å². The van der Waals surface area contributed by atoms with E-state index in [0.29, 0.717) is 5.56 Å². The van der Waals surface area contributed by atoms with Crippen LogP contribution in [0.2, 0.25) is 5.02 Å². The van der Waals surface area contributed by atoms with E-state index in [4.69, 9.17) is 16.4 Å². The number of benzene rings is 1. The summed E-state index contributed by atoms with van der Waals surface area (Å²) in [6.07, 6.45) is 2.44. The van der Waals surface area contributed by atoms with Gasteiger partial charge >= 0.3 is 6.01 Å². The van der Waals surface area contributed by atoms with Gasteiger partial charge in [-0.3, -0.25) is 0 Å². The highest BCUT2D eigenvalue weighted by atomic mass is 35.5. The Morgan fingerprint density at radius 3 is 2.55 bits per heavy atom. The van der Waals surface area contributed by atoms with E-state index in [1.54, 1.807) is 7.05 Å². The second-order valence-corrected chi connectivity index (χ2v) is 6.29. The van der Waals surface area contributed by atoms with Crippen LogP contribution in [0.3, 0.4) is 0 Å². The van der Waals surface area contributed by atoms with Gasteiger partial charge in [-0.1, -0.05) is 41.8 Å². The summed E-state index contributed by atoms with van der Waals surface area (Å²) >= 11 is 5.97. The maximum atomic E-state index is 11.4. The molecule has 0 saturated carbocycles. The third-order valence-corrected chi connectivity index (χ3v) is 3.75. The van der Waals surface area contributed by atoms with Gasteiger partial charge in [0.15, 0.2) is 9.84 Å². The van der Waals surface area contributed by atoms with Gasteiger partial charge in [0.2, 0.25) is 0 Å². The van der Waals surface area contributed by atoms with Crippen LogP contribution >= 0.6 is 11.6 Å². The molecule has 0 radical (unpaired) electrons. The number of hydrogen-bond donors (Lipinski definition) is 0. The number of sulfone groups is 1. The number of aromatic nitrogens is 4. The van der Waals surface area contributed by atoms with Crippen molar-refractivity contribution in [2.45, 2.75) is 18.7 Å². The molecule has 0 N–H and O–H groups in total. The van der Waals surface area contributed by atoms with Gasteiger partial charge in [0.05, 0.1) is 16.1 Å². The van der Waals surface area contributed by atoms with Crippen molar-refractivity contribution in [1.82, 2.24) is 20.2 Å². The van der Waals surface area contributed by atoms with Crippen LogP contribution in [0, 0.1) is 0 Å². The maximum absolute atomic E-state index is 11.4. The summed E-state index contributed by atoms with van der Waals surface area (Å²) in [4.78, 5) is 5.09. The molecule has 0 amide bonds. The lowest BCUT2D eigenvalue weighted by molar-refractivity contribution is 0.299. The highest BCUT2D eigenvalue weighted by molar-refractivity contribution is 7.90. The molecule has 0 aliphatic carbocycles. The summed E-state index contributed by atoms with van der Waals surface area (Å²) in [5, 5.41) is 14.4. The molecule has 0 aliphatic heterocycles. The molecule has 8 nitrogen and oxygen atoms in total. The zero-order valence-electron chi connectivity index (χ0n) is 12.6. The van der Waals surface area contributed by atoms with Gasteiger partial charge in [0.1, 0.15) is 0 Å². The number of nitrogens with zero attached hydrogens (tertiary/aromatic N) is 5. The molecule has 0 bridgehead atoms. The van der Waals surface area contributed by atoms with E-state index in [1.165, 1.54) is 29.1 Å². The van der Waals surface area contributed by atoms with Crippen LogP contribution in [0.4, 0.5) is 0 Å². The van der Waals surface area contributed by atoms with Crippen LogP contribution in [0.15, 0.2) is 28.3 Å². The van der Waals surface area contributed by atoms with Crippen LogP contribution in [0.1, 0.15) is 19.4 Å². The first kappa shape index (κ1) is 18.1. The van der Waals surface area contributed by atoms with Gasteiger partial charge in [-0.2, -0.15) is 4.68 Å². The predicted octanol–water partition coefficient (Wildman–Crippen LogP) is 1.71. The summed E-state index contributed by atoms with van der Waals surface area (Å²) in [7, 11) is -1.70. The molecule has 0 fully saturated rings. The number of aryl methyl sites for hydroxylation is 1. The number of rotatable bonds is 4. The molecule has 1 aromatic carbocycles. The molecule has 0 aliphatic rings. The first-order valence-electron chi connectivity index (χ1n) is 6.30. The molecule has 0 spiro atoms. The van der Waals surface area contributed by atoms with E-state index in [-0.39, 0.29) is 15.9 Å². The van der Waals surface area contributed by atoms with Crippen molar-refractivity contribution in [3.05, 3.63) is 28.8 Å². The first-order chi connectivity index (χ1) is 10.4. The summed E-state index contributed by atoms with van der Waals surface area (Å²) in [6, 6.07) is 4.43. The number of tetrazole rings is 1. The normalized spacial score (nSPS) is 11.1. The summed E-state index contributed by atoms with van der Waals surface area (Å²) in [6.45, 7) is 4.00. The fraction of sp³-hybridized carbons (Fsp3) is 0.333. The minimum Gasteiger partial charge on any atom is -0.313 e. The maximum Gasteiger partial charge on any atom is 0.363 e. The van der Waals surface area contributed by atoms with Crippen LogP contribution in [-0.4, -0.2) is 41.1 Å². The second kappa shape index (κ2) is 7.85. The lowest BCUT2D eigenvalue weighted by Gasteiger charge is -2.01. The SMILES string of the molecule is CC.Cn1nnnc1O/N=C/c1ccc(S(C)(=O)=O)cc1Cl. The molecule has 0 unspecified atom stereocenters. The Labute approximate surface area is 133 Å². The van der Waals surface area contributed by atoms with Gasteiger partial charge in [-0.15, -0.1) is 0 Å². The predicted molar refractivity (Wildman–Crippen MR) is 82.9 cm³/mol. The van der Waals surface area contributed by atoms with E-state index in [9.17, 15) is 8.42 Å². The average molecular weight is 346 g/mol. The standard InChI is InChI=1S/C10H10ClN5O3S.C2H6/c1-16-10(13-14-15-16)19-12-6-7-3-4-8(5-9(7)11)20(2,17)18;1-2/h3-6H,1-2H3;1-2H3/b12-6+;. The van der Waals surface area contributed by atoms with Gasteiger partial charge < -0.3 is 4.84 Å². The van der Waals surface area contributed by atoms with Crippen molar-refractivity contribution in [2.75, 3.05) is 6.26 Å². The number of oxime groups is 1. The highest BCUT2D eigenvalue weighted by Gasteiger charge is 2.09. The minimum absolute atomic E-state index is 0.116. The molecular weight excluding hydrogens is 330 g/mol. The second-order valence-electron chi connectivity index (χ2n) is 3.87. The number of hydrogen-bond acceptors (Lipinski definition) is 7. The molecule has 1 heterocycles. The lowest BCUT2D eigenvalue weighted by atomic mass is 10.2. The molecule has 1 aromatic heterocycles. The fourth-order valence-corrected chi connectivity index (χ4v) is 2.21. The zero-order chi connectivity index (χ0) is 16.8. The van der Waals surface area contributed by atoms with Crippen LogP contribution < -0.4 is 4.84 Å². The van der Waals surface area contributed by atoms with Crippen molar-refractivity contribution in [2.24, 2.45) is 12.2 Å². The first-order valence-corrected chi connectivity index (χ1v) is 8.57. The van der Waals surface area contributed by atoms with E-state index in [2.05, 4.69) is 20.7 Å². The Morgan fingerprint density at radius 2 is 2.05 bits per heavy atom. The largest absolute Gasteiger partial charge is 0.363 e. The van der Waals surface area contributed by atoms with Gasteiger partial charge in [0.25, 0.3) is 0 Å². The van der Waals surface area contributed by atoms with Crippen LogP contribution in [0.5, 0.6) is 6.01 Å². The summed E-state index contributed by atoms with van der Waals surface area (Å²) in [5.74, 6) is 0. The molecule has 2 aromatic rings. The molecule has 22 heavy (non-hydrogen) atoms.